The second kappa shape index (κ2) is 3.79. The Kier molecular flexibility index (Phi) is 2.31. The molecule has 0 aromatic carbocycles. The van der Waals surface area contributed by atoms with Crippen LogP contribution in [0.3, 0.4) is 0 Å². The van der Waals surface area contributed by atoms with E-state index in [9.17, 15) is 0 Å². The number of rotatable bonds is 2. The van der Waals surface area contributed by atoms with Crippen molar-refractivity contribution in [1.29, 1.82) is 0 Å². The number of nitrogens with zero attached hydrogens (tertiary/aromatic N) is 1. The third kappa shape index (κ3) is 1.60. The van der Waals surface area contributed by atoms with E-state index in [1.807, 2.05) is 12.4 Å². The van der Waals surface area contributed by atoms with Crippen molar-refractivity contribution in [2.75, 3.05) is 13.1 Å². The molecule has 1 aliphatic rings. The second-order valence-electron chi connectivity index (χ2n) is 3.83. The molecule has 0 radical (unpaired) electrons. The lowest BCUT2D eigenvalue weighted by atomic mass is 9.99. The van der Waals surface area contributed by atoms with Gasteiger partial charge < -0.3 is 10.3 Å². The minimum atomic E-state index is 0.663. The summed E-state index contributed by atoms with van der Waals surface area (Å²) in [4.78, 5) is 8.81. The lowest BCUT2D eigenvalue weighted by Crippen LogP contribution is -2.07. The topological polar surface area (TPSA) is 40.7 Å². The molecule has 0 spiro atoms. The largest absolute Gasteiger partial charge is 0.344 e. The van der Waals surface area contributed by atoms with Crippen LogP contribution in [-0.2, 0) is 0 Å². The lowest BCUT2D eigenvalue weighted by Gasteiger charge is -2.08. The smallest absolute Gasteiger partial charge is 0.147 e. The van der Waals surface area contributed by atoms with Crippen molar-refractivity contribution in [2.45, 2.75) is 12.3 Å². The van der Waals surface area contributed by atoms with Crippen LogP contribution < -0.4 is 5.32 Å². The standard InChI is InChI=1S/C11H13N3S/c1-3-12-7-8(1)9-2-6-15-10(9)11-13-4-5-14-11/h2,4-6,8,12H,1,3,7H2,(H,13,14). The van der Waals surface area contributed by atoms with E-state index in [0.29, 0.717) is 5.92 Å². The summed E-state index contributed by atoms with van der Waals surface area (Å²) in [7, 11) is 0. The van der Waals surface area contributed by atoms with Gasteiger partial charge in [-0.2, -0.15) is 0 Å². The number of aromatic amines is 1. The van der Waals surface area contributed by atoms with E-state index in [-0.39, 0.29) is 0 Å². The fourth-order valence-electron chi connectivity index (χ4n) is 2.14. The summed E-state index contributed by atoms with van der Waals surface area (Å²) in [5, 5.41) is 5.57. The van der Waals surface area contributed by atoms with Crippen molar-refractivity contribution in [3.8, 4) is 10.7 Å². The van der Waals surface area contributed by atoms with E-state index < -0.39 is 0 Å². The molecule has 1 unspecified atom stereocenters. The average molecular weight is 219 g/mol. The van der Waals surface area contributed by atoms with Crippen molar-refractivity contribution in [3.05, 3.63) is 29.4 Å². The summed E-state index contributed by atoms with van der Waals surface area (Å²) in [6.07, 6.45) is 4.93. The first kappa shape index (κ1) is 9.12. The van der Waals surface area contributed by atoms with Gasteiger partial charge in [-0.15, -0.1) is 11.3 Å². The molecule has 2 aromatic rings. The van der Waals surface area contributed by atoms with Crippen LogP contribution in [0.15, 0.2) is 23.8 Å². The Morgan fingerprint density at radius 3 is 3.20 bits per heavy atom. The number of nitrogens with one attached hydrogen (secondary N) is 2. The van der Waals surface area contributed by atoms with Gasteiger partial charge in [0.2, 0.25) is 0 Å². The molecule has 1 atom stereocenters. The first-order valence-corrected chi connectivity index (χ1v) is 6.11. The number of aromatic nitrogens is 2. The van der Waals surface area contributed by atoms with Crippen LogP contribution in [0.25, 0.3) is 10.7 Å². The van der Waals surface area contributed by atoms with Gasteiger partial charge in [-0.25, -0.2) is 4.98 Å². The van der Waals surface area contributed by atoms with E-state index in [0.717, 1.165) is 18.9 Å². The summed E-state index contributed by atoms with van der Waals surface area (Å²) < 4.78 is 0. The van der Waals surface area contributed by atoms with Crippen molar-refractivity contribution in [3.63, 3.8) is 0 Å². The Morgan fingerprint density at radius 2 is 2.47 bits per heavy atom. The molecule has 1 aliphatic heterocycles. The molecule has 1 saturated heterocycles. The third-order valence-electron chi connectivity index (χ3n) is 2.91. The van der Waals surface area contributed by atoms with Gasteiger partial charge in [0.15, 0.2) is 0 Å². The fraction of sp³-hybridized carbons (Fsp3) is 0.364. The highest BCUT2D eigenvalue weighted by Crippen LogP contribution is 2.34. The van der Waals surface area contributed by atoms with E-state index in [4.69, 9.17) is 0 Å². The number of thiophene rings is 1. The molecule has 2 aromatic heterocycles. The minimum Gasteiger partial charge on any atom is -0.344 e. The molecule has 3 rings (SSSR count). The summed E-state index contributed by atoms with van der Waals surface area (Å²) in [6, 6.07) is 2.24. The van der Waals surface area contributed by atoms with Gasteiger partial charge in [-0.3, -0.25) is 0 Å². The molecule has 0 aliphatic carbocycles. The second-order valence-corrected chi connectivity index (χ2v) is 4.75. The first-order valence-electron chi connectivity index (χ1n) is 5.23. The van der Waals surface area contributed by atoms with Gasteiger partial charge in [0.1, 0.15) is 5.82 Å². The van der Waals surface area contributed by atoms with Gasteiger partial charge >= 0.3 is 0 Å². The normalized spacial score (nSPS) is 20.9. The van der Waals surface area contributed by atoms with E-state index in [2.05, 4.69) is 26.7 Å². The van der Waals surface area contributed by atoms with Gasteiger partial charge in [-0.05, 0) is 35.9 Å². The molecular weight excluding hydrogens is 206 g/mol. The molecule has 0 bridgehead atoms. The van der Waals surface area contributed by atoms with Crippen LogP contribution in [0.2, 0.25) is 0 Å². The maximum atomic E-state index is 4.33. The molecule has 15 heavy (non-hydrogen) atoms. The maximum absolute atomic E-state index is 4.33. The predicted molar refractivity (Wildman–Crippen MR) is 62.1 cm³/mol. The van der Waals surface area contributed by atoms with Crippen LogP contribution in [0, 0.1) is 0 Å². The minimum absolute atomic E-state index is 0.663. The van der Waals surface area contributed by atoms with Crippen molar-refractivity contribution in [1.82, 2.24) is 15.3 Å². The van der Waals surface area contributed by atoms with Crippen molar-refractivity contribution < 1.29 is 0 Å². The quantitative estimate of drug-likeness (QED) is 0.813. The summed E-state index contributed by atoms with van der Waals surface area (Å²) in [6.45, 7) is 2.24. The Labute approximate surface area is 92.6 Å². The molecule has 78 valence electrons. The summed E-state index contributed by atoms with van der Waals surface area (Å²) in [5.41, 5.74) is 1.44. The molecule has 3 nitrogen and oxygen atoms in total. The monoisotopic (exact) mass is 219 g/mol. The number of hydrogen-bond acceptors (Lipinski definition) is 3. The van der Waals surface area contributed by atoms with Gasteiger partial charge in [-0.1, -0.05) is 0 Å². The average Bonchev–Trinajstić information content (AvgIpc) is 3.01. The zero-order valence-electron chi connectivity index (χ0n) is 8.36. The maximum Gasteiger partial charge on any atom is 0.147 e. The number of H-pyrrole nitrogens is 1. The van der Waals surface area contributed by atoms with Gasteiger partial charge in [0, 0.05) is 18.9 Å². The Balaban J connectivity index is 1.98. The van der Waals surface area contributed by atoms with Gasteiger partial charge in [0.05, 0.1) is 4.88 Å². The zero-order chi connectivity index (χ0) is 10.1. The Hall–Kier alpha value is -1.13. The molecule has 4 heteroatoms. The van der Waals surface area contributed by atoms with Crippen molar-refractivity contribution >= 4 is 11.3 Å². The Morgan fingerprint density at radius 1 is 1.47 bits per heavy atom. The van der Waals surface area contributed by atoms with E-state index in [1.54, 1.807) is 11.3 Å². The summed E-state index contributed by atoms with van der Waals surface area (Å²) >= 11 is 1.77. The molecule has 0 saturated carbocycles. The highest BCUT2D eigenvalue weighted by atomic mass is 32.1. The highest BCUT2D eigenvalue weighted by molar-refractivity contribution is 7.13. The lowest BCUT2D eigenvalue weighted by molar-refractivity contribution is 0.767. The van der Waals surface area contributed by atoms with E-state index in [1.165, 1.54) is 16.9 Å². The fourth-order valence-corrected chi connectivity index (χ4v) is 3.09. The van der Waals surface area contributed by atoms with Crippen LogP contribution in [0.4, 0.5) is 0 Å². The van der Waals surface area contributed by atoms with Crippen LogP contribution in [0.1, 0.15) is 17.9 Å². The van der Waals surface area contributed by atoms with Crippen LogP contribution in [0.5, 0.6) is 0 Å². The highest BCUT2D eigenvalue weighted by Gasteiger charge is 2.21. The third-order valence-corrected chi connectivity index (χ3v) is 3.85. The molecule has 0 amide bonds. The van der Waals surface area contributed by atoms with E-state index >= 15 is 0 Å². The summed E-state index contributed by atoms with van der Waals surface area (Å²) in [5.74, 6) is 1.67. The number of hydrogen-bond donors (Lipinski definition) is 2. The first-order chi connectivity index (χ1) is 7.45. The molecule has 2 N–H and O–H groups in total. The number of imidazole rings is 1. The SMILES string of the molecule is c1c[nH]c(-c2sccc2C2CCNC2)n1. The van der Waals surface area contributed by atoms with Gasteiger partial charge in [0.25, 0.3) is 0 Å². The zero-order valence-corrected chi connectivity index (χ0v) is 9.18. The van der Waals surface area contributed by atoms with Crippen molar-refractivity contribution in [2.24, 2.45) is 0 Å². The molecular formula is C11H13N3S. The van der Waals surface area contributed by atoms with Crippen LogP contribution >= 0.6 is 11.3 Å². The molecule has 1 fully saturated rings. The predicted octanol–water partition coefficient (Wildman–Crippen LogP) is 2.22. The Bertz CT molecular complexity index is 426. The van der Waals surface area contributed by atoms with Crippen LogP contribution in [-0.4, -0.2) is 23.1 Å². The molecule has 3 heterocycles.